The van der Waals surface area contributed by atoms with Gasteiger partial charge in [0, 0.05) is 18.8 Å². The molecule has 176 valence electrons. The summed E-state index contributed by atoms with van der Waals surface area (Å²) in [5.41, 5.74) is 2.17. The van der Waals surface area contributed by atoms with Gasteiger partial charge in [0.15, 0.2) is 6.61 Å². The monoisotopic (exact) mass is 493 g/mol. The summed E-state index contributed by atoms with van der Waals surface area (Å²) >= 11 is 6.04. The van der Waals surface area contributed by atoms with E-state index in [9.17, 15) is 22.8 Å². The first-order chi connectivity index (χ1) is 15.6. The van der Waals surface area contributed by atoms with Gasteiger partial charge in [-0.3, -0.25) is 10.1 Å². The number of hydrogen-bond acceptors (Lipinski definition) is 6. The van der Waals surface area contributed by atoms with Gasteiger partial charge in [0.2, 0.25) is 10.0 Å². The third kappa shape index (κ3) is 5.89. The molecule has 11 heteroatoms. The van der Waals surface area contributed by atoms with Crippen LogP contribution in [0.5, 0.6) is 0 Å². The molecule has 1 aliphatic rings. The molecule has 1 aliphatic heterocycles. The Morgan fingerprint density at radius 3 is 2.48 bits per heavy atom. The van der Waals surface area contributed by atoms with E-state index in [0.29, 0.717) is 18.8 Å². The number of rotatable bonds is 6. The number of carbonyl (C=O) groups is 3. The normalized spacial score (nSPS) is 14.0. The minimum absolute atomic E-state index is 0.0200. The Morgan fingerprint density at radius 1 is 1.09 bits per heavy atom. The van der Waals surface area contributed by atoms with E-state index in [1.165, 1.54) is 16.4 Å². The van der Waals surface area contributed by atoms with Gasteiger partial charge in [0.1, 0.15) is 0 Å². The van der Waals surface area contributed by atoms with Crippen molar-refractivity contribution in [1.82, 2.24) is 9.62 Å². The number of aryl methyl sites for hydroxylation is 1. The summed E-state index contributed by atoms with van der Waals surface area (Å²) in [5, 5.41) is 4.60. The lowest BCUT2D eigenvalue weighted by atomic mass is 10.1. The predicted molar refractivity (Wildman–Crippen MR) is 123 cm³/mol. The van der Waals surface area contributed by atoms with Gasteiger partial charge in [-0.15, -0.1) is 0 Å². The highest BCUT2D eigenvalue weighted by Gasteiger charge is 2.28. The first-order valence-corrected chi connectivity index (χ1v) is 12.1. The lowest BCUT2D eigenvalue weighted by molar-refractivity contribution is -0.123. The van der Waals surface area contributed by atoms with E-state index in [-0.39, 0.29) is 15.5 Å². The van der Waals surface area contributed by atoms with Crippen molar-refractivity contribution in [2.24, 2.45) is 0 Å². The average Bonchev–Trinajstić information content (AvgIpc) is 3.31. The number of sulfonamides is 1. The quantitative estimate of drug-likeness (QED) is 0.596. The molecule has 0 atom stereocenters. The number of carbonyl (C=O) groups excluding carboxylic acids is 3. The van der Waals surface area contributed by atoms with Crippen LogP contribution >= 0.6 is 11.6 Å². The third-order valence-corrected chi connectivity index (χ3v) is 7.52. The molecule has 1 saturated heterocycles. The SMILES string of the molecule is Cc1cccc(NC(=O)NC(=O)COC(=O)c2cc(S(=O)(=O)N3CCCC3)ccc2Cl)c1C. The zero-order chi connectivity index (χ0) is 24.2. The van der Waals surface area contributed by atoms with Crippen LogP contribution in [0.4, 0.5) is 10.5 Å². The molecule has 2 aromatic rings. The molecule has 0 radical (unpaired) electrons. The highest BCUT2D eigenvalue weighted by molar-refractivity contribution is 7.89. The number of amides is 3. The maximum atomic E-state index is 12.7. The van der Waals surface area contributed by atoms with Crippen molar-refractivity contribution < 1.29 is 27.5 Å². The van der Waals surface area contributed by atoms with Crippen molar-refractivity contribution in [3.63, 3.8) is 0 Å². The second-order valence-corrected chi connectivity index (χ2v) is 9.92. The van der Waals surface area contributed by atoms with Crippen LogP contribution in [0.1, 0.15) is 34.3 Å². The van der Waals surface area contributed by atoms with E-state index < -0.39 is 34.5 Å². The number of anilines is 1. The summed E-state index contributed by atoms with van der Waals surface area (Å²) in [7, 11) is -3.76. The fourth-order valence-corrected chi connectivity index (χ4v) is 5.05. The van der Waals surface area contributed by atoms with Gasteiger partial charge in [-0.2, -0.15) is 4.31 Å². The molecule has 9 nitrogen and oxygen atoms in total. The molecule has 3 amide bonds. The van der Waals surface area contributed by atoms with Crippen LogP contribution < -0.4 is 10.6 Å². The van der Waals surface area contributed by atoms with Gasteiger partial charge in [0.25, 0.3) is 5.91 Å². The van der Waals surface area contributed by atoms with Crippen molar-refractivity contribution >= 4 is 45.2 Å². The molecular formula is C22H24ClN3O6S. The fraction of sp³-hybridized carbons (Fsp3) is 0.318. The second-order valence-electron chi connectivity index (χ2n) is 7.58. The standard InChI is InChI=1S/C22H24ClN3O6S/c1-14-6-5-7-19(15(14)2)24-22(29)25-20(27)13-32-21(28)17-12-16(8-9-18(17)23)33(30,31)26-10-3-4-11-26/h5-9,12H,3-4,10-11,13H2,1-2H3,(H2,24,25,27,29). The summed E-state index contributed by atoms with van der Waals surface area (Å²) in [6.07, 6.45) is 1.54. The lowest BCUT2D eigenvalue weighted by Crippen LogP contribution is -2.37. The summed E-state index contributed by atoms with van der Waals surface area (Å²) in [6, 6.07) is 8.31. The van der Waals surface area contributed by atoms with Gasteiger partial charge in [-0.25, -0.2) is 18.0 Å². The maximum Gasteiger partial charge on any atom is 0.340 e. The van der Waals surface area contributed by atoms with E-state index in [2.05, 4.69) is 10.6 Å². The van der Waals surface area contributed by atoms with Crippen molar-refractivity contribution in [2.75, 3.05) is 25.0 Å². The van der Waals surface area contributed by atoms with E-state index in [1.54, 1.807) is 12.1 Å². The van der Waals surface area contributed by atoms with Crippen LogP contribution in [-0.4, -0.2) is 50.3 Å². The van der Waals surface area contributed by atoms with Gasteiger partial charge in [-0.05, 0) is 62.1 Å². The number of nitrogens with zero attached hydrogens (tertiary/aromatic N) is 1. The van der Waals surface area contributed by atoms with Gasteiger partial charge in [0.05, 0.1) is 15.5 Å². The van der Waals surface area contributed by atoms with E-state index in [0.717, 1.165) is 30.0 Å². The van der Waals surface area contributed by atoms with Crippen molar-refractivity contribution in [1.29, 1.82) is 0 Å². The molecule has 3 rings (SSSR count). The lowest BCUT2D eigenvalue weighted by Gasteiger charge is -2.16. The summed E-state index contributed by atoms with van der Waals surface area (Å²) in [4.78, 5) is 36.4. The molecule has 0 aromatic heterocycles. The van der Waals surface area contributed by atoms with Gasteiger partial charge in [-0.1, -0.05) is 23.7 Å². The zero-order valence-electron chi connectivity index (χ0n) is 18.2. The Labute approximate surface area is 197 Å². The van der Waals surface area contributed by atoms with Crippen molar-refractivity contribution in [3.8, 4) is 0 Å². The number of esters is 1. The second kappa shape index (κ2) is 10.3. The van der Waals surface area contributed by atoms with Crippen LogP contribution in [-0.2, 0) is 19.6 Å². The highest BCUT2D eigenvalue weighted by Crippen LogP contribution is 2.26. The Bertz CT molecular complexity index is 1190. The Balaban J connectivity index is 1.60. The first-order valence-electron chi connectivity index (χ1n) is 10.2. The van der Waals surface area contributed by atoms with Crippen LogP contribution in [0, 0.1) is 13.8 Å². The predicted octanol–water partition coefficient (Wildman–Crippen LogP) is 3.25. The van der Waals surface area contributed by atoms with E-state index in [1.807, 2.05) is 19.9 Å². The van der Waals surface area contributed by atoms with Crippen LogP contribution in [0.15, 0.2) is 41.3 Å². The Hall–Kier alpha value is -2.95. The average molecular weight is 494 g/mol. The van der Waals surface area contributed by atoms with Crippen molar-refractivity contribution in [3.05, 3.63) is 58.1 Å². The topological polar surface area (TPSA) is 122 Å². The van der Waals surface area contributed by atoms with Gasteiger partial charge >= 0.3 is 12.0 Å². The minimum atomic E-state index is -3.76. The first kappa shape index (κ1) is 24.7. The number of ether oxygens (including phenoxy) is 1. The largest absolute Gasteiger partial charge is 0.452 e. The molecular weight excluding hydrogens is 470 g/mol. The Morgan fingerprint density at radius 2 is 1.79 bits per heavy atom. The number of hydrogen-bond donors (Lipinski definition) is 2. The molecule has 33 heavy (non-hydrogen) atoms. The molecule has 0 aliphatic carbocycles. The molecule has 0 bridgehead atoms. The number of nitrogens with one attached hydrogen (secondary N) is 2. The molecule has 2 aromatic carbocycles. The number of urea groups is 1. The maximum absolute atomic E-state index is 12.7. The fourth-order valence-electron chi connectivity index (χ4n) is 3.31. The van der Waals surface area contributed by atoms with E-state index in [4.69, 9.17) is 16.3 Å². The molecule has 1 heterocycles. The number of halogens is 1. The number of benzene rings is 2. The van der Waals surface area contributed by atoms with E-state index >= 15 is 0 Å². The molecule has 2 N–H and O–H groups in total. The third-order valence-electron chi connectivity index (χ3n) is 5.30. The van der Waals surface area contributed by atoms with Crippen LogP contribution in [0.2, 0.25) is 5.02 Å². The smallest absolute Gasteiger partial charge is 0.340 e. The minimum Gasteiger partial charge on any atom is -0.452 e. The summed E-state index contributed by atoms with van der Waals surface area (Å²) in [6.45, 7) is 3.79. The number of imide groups is 1. The van der Waals surface area contributed by atoms with Gasteiger partial charge < -0.3 is 10.1 Å². The molecule has 1 fully saturated rings. The van der Waals surface area contributed by atoms with Crippen LogP contribution in [0.3, 0.4) is 0 Å². The van der Waals surface area contributed by atoms with Crippen molar-refractivity contribution in [2.45, 2.75) is 31.6 Å². The molecule has 0 unspecified atom stereocenters. The Kier molecular flexibility index (Phi) is 7.72. The van der Waals surface area contributed by atoms with Crippen LogP contribution in [0.25, 0.3) is 0 Å². The zero-order valence-corrected chi connectivity index (χ0v) is 19.8. The highest BCUT2D eigenvalue weighted by atomic mass is 35.5. The summed E-state index contributed by atoms with van der Waals surface area (Å²) < 4.78 is 31.7. The molecule has 0 spiro atoms. The molecule has 0 saturated carbocycles. The summed E-state index contributed by atoms with van der Waals surface area (Å²) in [5.74, 6) is -1.84.